The predicted octanol–water partition coefficient (Wildman–Crippen LogP) is 2.74. The van der Waals surface area contributed by atoms with Crippen LogP contribution in [0.15, 0.2) is 24.3 Å². The highest BCUT2D eigenvalue weighted by Gasteiger charge is 2.06. The van der Waals surface area contributed by atoms with Crippen LogP contribution in [-0.2, 0) is 6.42 Å². The van der Waals surface area contributed by atoms with Crippen LogP contribution in [0, 0.1) is 11.7 Å². The molecule has 0 saturated carbocycles. The minimum Gasteiger partial charge on any atom is -0.330 e. The van der Waals surface area contributed by atoms with Gasteiger partial charge in [0.1, 0.15) is 5.82 Å². The van der Waals surface area contributed by atoms with Crippen LogP contribution < -0.4 is 5.73 Å². The van der Waals surface area contributed by atoms with Crippen molar-refractivity contribution >= 4 is 0 Å². The van der Waals surface area contributed by atoms with Crippen LogP contribution in [-0.4, -0.2) is 6.54 Å². The highest BCUT2D eigenvalue weighted by molar-refractivity contribution is 5.16. The van der Waals surface area contributed by atoms with Crippen molar-refractivity contribution in [3.8, 4) is 0 Å². The van der Waals surface area contributed by atoms with E-state index in [-0.39, 0.29) is 5.82 Å². The van der Waals surface area contributed by atoms with E-state index in [4.69, 9.17) is 5.73 Å². The van der Waals surface area contributed by atoms with Crippen molar-refractivity contribution in [1.29, 1.82) is 0 Å². The van der Waals surface area contributed by atoms with Crippen molar-refractivity contribution in [2.24, 2.45) is 11.7 Å². The average Bonchev–Trinajstić information content (AvgIpc) is 2.17. The molecule has 1 aromatic carbocycles. The number of hydrogen-bond donors (Lipinski definition) is 1. The molecule has 1 rings (SSSR count). The van der Waals surface area contributed by atoms with Crippen molar-refractivity contribution in [3.63, 3.8) is 0 Å². The monoisotopic (exact) mass is 195 g/mol. The van der Waals surface area contributed by atoms with E-state index >= 15 is 0 Å². The first-order valence-corrected chi connectivity index (χ1v) is 5.20. The Morgan fingerprint density at radius 2 is 2.21 bits per heavy atom. The number of halogens is 1. The van der Waals surface area contributed by atoms with Gasteiger partial charge in [-0.2, -0.15) is 0 Å². The third kappa shape index (κ3) is 3.46. The summed E-state index contributed by atoms with van der Waals surface area (Å²) < 4.78 is 12.9. The van der Waals surface area contributed by atoms with Crippen LogP contribution >= 0.6 is 0 Å². The van der Waals surface area contributed by atoms with E-state index in [0.717, 1.165) is 24.8 Å². The summed E-state index contributed by atoms with van der Waals surface area (Å²) in [5, 5.41) is 0. The van der Waals surface area contributed by atoms with Gasteiger partial charge in [0.05, 0.1) is 0 Å². The summed E-state index contributed by atoms with van der Waals surface area (Å²) in [4.78, 5) is 0. The van der Waals surface area contributed by atoms with Gasteiger partial charge in [-0.1, -0.05) is 25.5 Å². The fraction of sp³-hybridized carbons (Fsp3) is 0.500. The molecular formula is C12H18FN. The number of benzene rings is 1. The molecule has 0 amide bonds. The summed E-state index contributed by atoms with van der Waals surface area (Å²) in [7, 11) is 0. The molecule has 0 aliphatic heterocycles. The molecule has 2 N–H and O–H groups in total. The molecule has 0 radical (unpaired) electrons. The molecule has 0 aromatic heterocycles. The molecule has 0 aliphatic rings. The van der Waals surface area contributed by atoms with Gasteiger partial charge in [0.2, 0.25) is 0 Å². The van der Waals surface area contributed by atoms with Gasteiger partial charge in [0, 0.05) is 0 Å². The second-order valence-corrected chi connectivity index (χ2v) is 3.72. The quantitative estimate of drug-likeness (QED) is 0.768. The standard InChI is InChI=1S/C12H18FN/c1-2-4-11(9-14)7-10-5-3-6-12(13)8-10/h3,5-6,8,11H,2,4,7,9,14H2,1H3. The lowest BCUT2D eigenvalue weighted by molar-refractivity contribution is 0.486. The minimum absolute atomic E-state index is 0.158. The highest BCUT2D eigenvalue weighted by atomic mass is 19.1. The van der Waals surface area contributed by atoms with E-state index in [2.05, 4.69) is 6.92 Å². The van der Waals surface area contributed by atoms with E-state index in [9.17, 15) is 4.39 Å². The summed E-state index contributed by atoms with van der Waals surface area (Å²) in [5.41, 5.74) is 6.70. The molecule has 0 heterocycles. The Labute approximate surface area is 85.1 Å². The third-order valence-electron chi connectivity index (χ3n) is 2.44. The van der Waals surface area contributed by atoms with Crippen molar-refractivity contribution in [2.45, 2.75) is 26.2 Å². The summed E-state index contributed by atoms with van der Waals surface area (Å²) in [5.74, 6) is 0.330. The fourth-order valence-electron chi connectivity index (χ4n) is 1.71. The lowest BCUT2D eigenvalue weighted by atomic mass is 9.95. The Hall–Kier alpha value is -0.890. The molecule has 1 unspecified atom stereocenters. The highest BCUT2D eigenvalue weighted by Crippen LogP contribution is 2.13. The molecule has 14 heavy (non-hydrogen) atoms. The van der Waals surface area contributed by atoms with Crippen LogP contribution in [0.5, 0.6) is 0 Å². The SMILES string of the molecule is CCCC(CN)Cc1cccc(F)c1. The summed E-state index contributed by atoms with van der Waals surface area (Å²) >= 11 is 0. The molecule has 1 atom stereocenters. The maximum absolute atomic E-state index is 12.9. The Kier molecular flexibility index (Phi) is 4.60. The molecule has 0 saturated heterocycles. The number of hydrogen-bond acceptors (Lipinski definition) is 1. The topological polar surface area (TPSA) is 26.0 Å². The maximum atomic E-state index is 12.9. The Morgan fingerprint density at radius 3 is 2.79 bits per heavy atom. The molecule has 0 spiro atoms. The van der Waals surface area contributed by atoms with Gasteiger partial charge in [-0.05, 0) is 43.0 Å². The largest absolute Gasteiger partial charge is 0.330 e. The molecular weight excluding hydrogens is 177 g/mol. The van der Waals surface area contributed by atoms with Crippen molar-refractivity contribution in [2.75, 3.05) is 6.54 Å². The normalized spacial score (nSPS) is 12.8. The summed E-state index contributed by atoms with van der Waals surface area (Å²) in [6.45, 7) is 2.83. The van der Waals surface area contributed by atoms with Gasteiger partial charge in [-0.15, -0.1) is 0 Å². The lowest BCUT2D eigenvalue weighted by Gasteiger charge is -2.13. The van der Waals surface area contributed by atoms with E-state index in [1.807, 2.05) is 6.07 Å². The Morgan fingerprint density at radius 1 is 1.43 bits per heavy atom. The van der Waals surface area contributed by atoms with E-state index < -0.39 is 0 Å². The smallest absolute Gasteiger partial charge is 0.123 e. The van der Waals surface area contributed by atoms with Gasteiger partial charge in [-0.3, -0.25) is 0 Å². The zero-order valence-electron chi connectivity index (χ0n) is 8.67. The van der Waals surface area contributed by atoms with Gasteiger partial charge in [0.15, 0.2) is 0 Å². The molecule has 1 nitrogen and oxygen atoms in total. The van der Waals surface area contributed by atoms with Crippen molar-refractivity contribution < 1.29 is 4.39 Å². The molecule has 1 aromatic rings. The minimum atomic E-state index is -0.158. The molecule has 2 heteroatoms. The van der Waals surface area contributed by atoms with Crippen LogP contribution in [0.4, 0.5) is 4.39 Å². The van der Waals surface area contributed by atoms with E-state index in [1.54, 1.807) is 12.1 Å². The van der Waals surface area contributed by atoms with Crippen LogP contribution in [0.3, 0.4) is 0 Å². The van der Waals surface area contributed by atoms with Crippen molar-refractivity contribution in [1.82, 2.24) is 0 Å². The van der Waals surface area contributed by atoms with Crippen molar-refractivity contribution in [3.05, 3.63) is 35.6 Å². The van der Waals surface area contributed by atoms with E-state index in [0.29, 0.717) is 12.5 Å². The van der Waals surface area contributed by atoms with E-state index in [1.165, 1.54) is 6.07 Å². The molecule has 0 fully saturated rings. The van der Waals surface area contributed by atoms with Crippen LogP contribution in [0.25, 0.3) is 0 Å². The molecule has 78 valence electrons. The summed E-state index contributed by atoms with van der Waals surface area (Å²) in [6.07, 6.45) is 3.15. The van der Waals surface area contributed by atoms with Crippen LogP contribution in [0.2, 0.25) is 0 Å². The third-order valence-corrected chi connectivity index (χ3v) is 2.44. The Balaban J connectivity index is 2.57. The zero-order chi connectivity index (χ0) is 10.4. The first-order chi connectivity index (χ1) is 6.76. The number of rotatable bonds is 5. The molecule has 0 bridgehead atoms. The first-order valence-electron chi connectivity index (χ1n) is 5.20. The second-order valence-electron chi connectivity index (χ2n) is 3.72. The predicted molar refractivity (Wildman–Crippen MR) is 57.6 cm³/mol. The first kappa shape index (κ1) is 11.2. The van der Waals surface area contributed by atoms with Crippen LogP contribution in [0.1, 0.15) is 25.3 Å². The van der Waals surface area contributed by atoms with Gasteiger partial charge in [0.25, 0.3) is 0 Å². The fourth-order valence-corrected chi connectivity index (χ4v) is 1.71. The maximum Gasteiger partial charge on any atom is 0.123 e. The van der Waals surface area contributed by atoms with Gasteiger partial charge >= 0.3 is 0 Å². The van der Waals surface area contributed by atoms with Gasteiger partial charge in [-0.25, -0.2) is 4.39 Å². The Bertz CT molecular complexity index is 273. The summed E-state index contributed by atoms with van der Waals surface area (Å²) in [6, 6.07) is 6.78. The lowest BCUT2D eigenvalue weighted by Crippen LogP contribution is -2.16. The zero-order valence-corrected chi connectivity index (χ0v) is 8.67. The number of nitrogens with two attached hydrogens (primary N) is 1. The van der Waals surface area contributed by atoms with Gasteiger partial charge < -0.3 is 5.73 Å². The molecule has 0 aliphatic carbocycles. The average molecular weight is 195 g/mol. The second kappa shape index (κ2) is 5.76.